The highest BCUT2D eigenvalue weighted by Gasteiger charge is 2.24. The molecule has 1 amide bonds. The number of nitrogens with one attached hydrogen (secondary N) is 3. The normalized spacial score (nSPS) is 16.8. The van der Waals surface area contributed by atoms with Crippen LogP contribution in [0.4, 0.5) is 5.69 Å². The Labute approximate surface area is 193 Å². The minimum Gasteiger partial charge on any atom is -0.371 e. The number of anilines is 1. The number of fused-ring (bicyclic) bond motifs is 1. The van der Waals surface area contributed by atoms with Crippen LogP contribution in [0.5, 0.6) is 0 Å². The molecule has 1 aromatic heterocycles. The van der Waals surface area contributed by atoms with E-state index in [2.05, 4.69) is 31.1 Å². The molecule has 2 atom stereocenters. The van der Waals surface area contributed by atoms with E-state index in [0.717, 1.165) is 11.3 Å². The molecule has 3 rings (SSSR count). The fourth-order valence-electron chi connectivity index (χ4n) is 3.21. The van der Waals surface area contributed by atoms with Crippen LogP contribution in [0.15, 0.2) is 33.8 Å². The first-order chi connectivity index (χ1) is 14.1. The summed E-state index contributed by atoms with van der Waals surface area (Å²) < 4.78 is 10.7. The number of amides is 1. The summed E-state index contributed by atoms with van der Waals surface area (Å²) in [7, 11) is 0. The van der Waals surface area contributed by atoms with Gasteiger partial charge in [-0.05, 0) is 32.4 Å². The molecule has 0 saturated carbocycles. The van der Waals surface area contributed by atoms with Crippen LogP contribution >= 0.6 is 24.0 Å². The zero-order chi connectivity index (χ0) is 20.6. The van der Waals surface area contributed by atoms with Crippen LogP contribution in [0.3, 0.4) is 0 Å². The third kappa shape index (κ3) is 6.39. The molecule has 30 heavy (non-hydrogen) atoms. The molecular weight excluding hydrogens is 499 g/mol. The molecule has 1 aromatic carbocycles. The Balaban J connectivity index is 0.00000320. The number of ether oxygens (including phenoxy) is 1. The molecule has 2 heterocycles. The highest BCUT2D eigenvalue weighted by Crippen LogP contribution is 2.31. The molecule has 10 heteroatoms. The van der Waals surface area contributed by atoms with Gasteiger partial charge in [0.1, 0.15) is 12.6 Å². The molecule has 164 valence electrons. The van der Waals surface area contributed by atoms with Crippen LogP contribution in [0.2, 0.25) is 0 Å². The van der Waals surface area contributed by atoms with E-state index < -0.39 is 0 Å². The molecule has 0 radical (unpaired) electrons. The van der Waals surface area contributed by atoms with Crippen LogP contribution in [-0.2, 0) is 16.1 Å². The molecule has 0 spiro atoms. The van der Waals surface area contributed by atoms with Crippen molar-refractivity contribution in [2.75, 3.05) is 25.0 Å². The maximum absolute atomic E-state index is 12.0. The van der Waals surface area contributed by atoms with Crippen molar-refractivity contribution >= 4 is 41.5 Å². The van der Waals surface area contributed by atoms with Gasteiger partial charge in [0.15, 0.2) is 11.8 Å². The first-order valence-electron chi connectivity index (χ1n) is 9.95. The zero-order valence-corrected chi connectivity index (χ0v) is 19.8. The Morgan fingerprint density at radius 3 is 2.93 bits per heavy atom. The number of carbonyl (C=O) groups excluding carboxylic acids is 1. The number of benzene rings is 1. The lowest BCUT2D eigenvalue weighted by molar-refractivity contribution is -0.116. The zero-order valence-electron chi connectivity index (χ0n) is 17.5. The van der Waals surface area contributed by atoms with Gasteiger partial charge in [0.2, 0.25) is 11.8 Å². The van der Waals surface area contributed by atoms with Gasteiger partial charge in [-0.3, -0.25) is 4.79 Å². The summed E-state index contributed by atoms with van der Waals surface area (Å²) in [5.41, 5.74) is 2.00. The highest BCUT2D eigenvalue weighted by molar-refractivity contribution is 14.0. The summed E-state index contributed by atoms with van der Waals surface area (Å²) in [6, 6.07) is 7.88. The molecule has 0 bridgehead atoms. The quantitative estimate of drug-likeness (QED) is 0.274. The summed E-state index contributed by atoms with van der Waals surface area (Å²) in [6.45, 7) is 7.93. The van der Waals surface area contributed by atoms with Crippen molar-refractivity contribution in [2.24, 2.45) is 4.99 Å². The molecule has 9 nitrogen and oxygen atoms in total. The van der Waals surface area contributed by atoms with Gasteiger partial charge in [-0.2, -0.15) is 4.98 Å². The lowest BCUT2D eigenvalue weighted by Gasteiger charge is -2.26. The van der Waals surface area contributed by atoms with Crippen molar-refractivity contribution in [2.45, 2.75) is 45.8 Å². The largest absolute Gasteiger partial charge is 0.371 e. The second-order valence-corrected chi connectivity index (χ2v) is 6.76. The van der Waals surface area contributed by atoms with Crippen LogP contribution in [0.25, 0.3) is 0 Å². The van der Waals surface area contributed by atoms with E-state index in [1.807, 2.05) is 45.0 Å². The number of carbonyl (C=O) groups is 1. The van der Waals surface area contributed by atoms with E-state index in [9.17, 15) is 4.79 Å². The lowest BCUT2D eigenvalue weighted by atomic mass is 9.90. The number of guanidine groups is 1. The smallest absolute Gasteiger partial charge is 0.248 e. The highest BCUT2D eigenvalue weighted by atomic mass is 127. The van der Waals surface area contributed by atoms with Gasteiger partial charge in [0.25, 0.3) is 0 Å². The van der Waals surface area contributed by atoms with Crippen molar-refractivity contribution in [3.8, 4) is 0 Å². The standard InChI is InChI=1S/C20H28N6O3.HI/c1-4-21-20(23-12-18-25-19(26-29-18)13(3)28-5-2)22-11-14-10-17(27)24-16-9-7-6-8-15(14)16;/h6-9,13-14H,4-5,10-12H2,1-3H3,(H,24,27)(H2,21,22,23);1H. The van der Waals surface area contributed by atoms with E-state index in [1.165, 1.54) is 0 Å². The maximum Gasteiger partial charge on any atom is 0.248 e. The third-order valence-corrected chi connectivity index (χ3v) is 4.60. The summed E-state index contributed by atoms with van der Waals surface area (Å²) in [6.07, 6.45) is 0.219. The monoisotopic (exact) mass is 528 g/mol. The number of para-hydroxylation sites is 1. The number of aliphatic imine (C=N–C) groups is 1. The Bertz CT molecular complexity index is 857. The molecule has 0 saturated heterocycles. The second-order valence-electron chi connectivity index (χ2n) is 6.76. The summed E-state index contributed by atoms with van der Waals surface area (Å²) in [5.74, 6) is 1.67. The summed E-state index contributed by atoms with van der Waals surface area (Å²) in [4.78, 5) is 20.8. The summed E-state index contributed by atoms with van der Waals surface area (Å²) in [5, 5.41) is 13.4. The van der Waals surface area contributed by atoms with Gasteiger partial charge < -0.3 is 25.2 Å². The predicted molar refractivity (Wildman–Crippen MR) is 125 cm³/mol. The van der Waals surface area contributed by atoms with E-state index in [-0.39, 0.29) is 48.5 Å². The average Bonchev–Trinajstić information content (AvgIpc) is 3.19. The van der Waals surface area contributed by atoms with Gasteiger partial charge in [-0.15, -0.1) is 24.0 Å². The molecular formula is C20H29IN6O3. The van der Waals surface area contributed by atoms with E-state index in [4.69, 9.17) is 9.26 Å². The fourth-order valence-corrected chi connectivity index (χ4v) is 3.21. The first-order valence-corrected chi connectivity index (χ1v) is 9.95. The van der Waals surface area contributed by atoms with Crippen LogP contribution in [0.1, 0.15) is 56.5 Å². The molecule has 3 N–H and O–H groups in total. The van der Waals surface area contributed by atoms with E-state index >= 15 is 0 Å². The molecule has 1 aliphatic rings. The number of hydrogen-bond acceptors (Lipinski definition) is 6. The Kier molecular flexibility index (Phi) is 9.50. The first kappa shape index (κ1) is 24.1. The molecule has 2 unspecified atom stereocenters. The minimum absolute atomic E-state index is 0. The SMILES string of the molecule is CCNC(=NCc1nc(C(C)OCC)no1)NCC1CC(=O)Nc2ccccc21.I. The van der Waals surface area contributed by atoms with Gasteiger partial charge in [0.05, 0.1) is 0 Å². The minimum atomic E-state index is -0.217. The van der Waals surface area contributed by atoms with E-state index in [0.29, 0.717) is 43.8 Å². The number of aromatic nitrogens is 2. The second kappa shape index (κ2) is 11.8. The Hall–Kier alpha value is -2.21. The van der Waals surface area contributed by atoms with Crippen molar-refractivity contribution < 1.29 is 14.1 Å². The average molecular weight is 528 g/mol. The van der Waals surface area contributed by atoms with Crippen molar-refractivity contribution in [3.63, 3.8) is 0 Å². The van der Waals surface area contributed by atoms with Gasteiger partial charge in [-0.25, -0.2) is 4.99 Å². The van der Waals surface area contributed by atoms with Gasteiger partial charge >= 0.3 is 0 Å². The maximum atomic E-state index is 12.0. The van der Waals surface area contributed by atoms with E-state index in [1.54, 1.807) is 0 Å². The lowest BCUT2D eigenvalue weighted by Crippen LogP contribution is -2.40. The molecule has 0 aliphatic carbocycles. The van der Waals surface area contributed by atoms with Crippen LogP contribution in [-0.4, -0.2) is 41.7 Å². The predicted octanol–water partition coefficient (Wildman–Crippen LogP) is 2.97. The third-order valence-electron chi connectivity index (χ3n) is 4.60. The topological polar surface area (TPSA) is 114 Å². The Morgan fingerprint density at radius 1 is 1.37 bits per heavy atom. The molecule has 0 fully saturated rings. The van der Waals surface area contributed by atoms with Crippen molar-refractivity contribution in [3.05, 3.63) is 41.5 Å². The fraction of sp³-hybridized carbons (Fsp3) is 0.500. The number of rotatable bonds is 8. The van der Waals surface area contributed by atoms with Crippen molar-refractivity contribution in [1.29, 1.82) is 0 Å². The Morgan fingerprint density at radius 2 is 2.17 bits per heavy atom. The van der Waals surface area contributed by atoms with Gasteiger partial charge in [-0.1, -0.05) is 23.4 Å². The van der Waals surface area contributed by atoms with Crippen molar-refractivity contribution in [1.82, 2.24) is 20.8 Å². The van der Waals surface area contributed by atoms with Crippen LogP contribution in [0, 0.1) is 0 Å². The van der Waals surface area contributed by atoms with Gasteiger partial charge in [0, 0.05) is 37.7 Å². The summed E-state index contributed by atoms with van der Waals surface area (Å²) >= 11 is 0. The molecule has 2 aromatic rings. The van der Waals surface area contributed by atoms with Crippen LogP contribution < -0.4 is 16.0 Å². The number of hydrogen-bond donors (Lipinski definition) is 3. The number of nitrogens with zero attached hydrogens (tertiary/aromatic N) is 3. The number of halogens is 1. The molecule has 1 aliphatic heterocycles.